The monoisotopic (exact) mass is 341 g/mol. The van der Waals surface area contributed by atoms with Crippen LogP contribution < -0.4 is 10.2 Å². The van der Waals surface area contributed by atoms with Crippen LogP contribution in [0.5, 0.6) is 0 Å². The molecule has 0 atom stereocenters. The van der Waals surface area contributed by atoms with Crippen LogP contribution in [0.25, 0.3) is 0 Å². The Balaban J connectivity index is 1.35. The van der Waals surface area contributed by atoms with Gasteiger partial charge in [0.2, 0.25) is 5.91 Å². The third-order valence-corrected chi connectivity index (χ3v) is 5.28. The lowest BCUT2D eigenvalue weighted by atomic mass is 9.78. The van der Waals surface area contributed by atoms with E-state index in [4.69, 9.17) is 0 Å². The molecule has 4 rings (SSSR count). The summed E-state index contributed by atoms with van der Waals surface area (Å²) in [6.07, 6.45) is 7.25. The molecular formula is C17H23N7O. The molecular weight excluding hydrogens is 318 g/mol. The molecule has 2 N–H and O–H groups in total. The molecule has 0 radical (unpaired) electrons. The number of aromatic amines is 1. The fourth-order valence-corrected chi connectivity index (χ4v) is 3.82. The standard InChI is InChI=1S/C17H23N7O/c1-11(25)22-14-6-13(7-14)15-8-16(19-9-18-15)24-4-2-12(3-5-24)17-20-10-21-23-17/h8-10,12-14H,2-7H2,1H3,(H,22,25)(H,20,21,23). The lowest BCUT2D eigenvalue weighted by Crippen LogP contribution is -2.42. The molecule has 1 aliphatic heterocycles. The Bertz CT molecular complexity index is 718. The van der Waals surface area contributed by atoms with Crippen molar-refractivity contribution in [2.75, 3.05) is 18.0 Å². The van der Waals surface area contributed by atoms with Gasteiger partial charge in [0.05, 0.1) is 0 Å². The maximum absolute atomic E-state index is 11.1. The molecule has 0 spiro atoms. The van der Waals surface area contributed by atoms with Crippen molar-refractivity contribution in [1.29, 1.82) is 0 Å². The van der Waals surface area contributed by atoms with Crippen molar-refractivity contribution in [3.63, 3.8) is 0 Å². The first kappa shape index (κ1) is 16.0. The Hall–Kier alpha value is -2.51. The Morgan fingerprint density at radius 1 is 1.16 bits per heavy atom. The summed E-state index contributed by atoms with van der Waals surface area (Å²) in [6, 6.07) is 2.40. The van der Waals surface area contributed by atoms with E-state index in [0.29, 0.717) is 17.9 Å². The molecule has 132 valence electrons. The smallest absolute Gasteiger partial charge is 0.217 e. The van der Waals surface area contributed by atoms with Crippen molar-refractivity contribution in [3.05, 3.63) is 30.2 Å². The van der Waals surface area contributed by atoms with Crippen molar-refractivity contribution in [1.82, 2.24) is 30.5 Å². The second kappa shape index (κ2) is 6.78. The number of carbonyl (C=O) groups is 1. The minimum absolute atomic E-state index is 0.0430. The summed E-state index contributed by atoms with van der Waals surface area (Å²) in [5, 5.41) is 9.90. The molecule has 1 aliphatic carbocycles. The number of aromatic nitrogens is 5. The number of nitrogens with one attached hydrogen (secondary N) is 2. The molecule has 1 saturated carbocycles. The van der Waals surface area contributed by atoms with Crippen molar-refractivity contribution in [2.45, 2.75) is 50.5 Å². The Morgan fingerprint density at radius 2 is 1.96 bits per heavy atom. The number of amides is 1. The van der Waals surface area contributed by atoms with E-state index in [2.05, 4.69) is 41.4 Å². The zero-order chi connectivity index (χ0) is 17.2. The molecule has 25 heavy (non-hydrogen) atoms. The highest BCUT2D eigenvalue weighted by molar-refractivity contribution is 5.73. The van der Waals surface area contributed by atoms with Crippen LogP contribution in [0.15, 0.2) is 18.7 Å². The van der Waals surface area contributed by atoms with Crippen molar-refractivity contribution in [3.8, 4) is 0 Å². The summed E-state index contributed by atoms with van der Waals surface area (Å²) in [6.45, 7) is 3.49. The first-order valence-corrected chi connectivity index (χ1v) is 8.88. The van der Waals surface area contributed by atoms with Gasteiger partial charge in [-0.3, -0.25) is 9.89 Å². The highest BCUT2D eigenvalue weighted by atomic mass is 16.1. The van der Waals surface area contributed by atoms with Gasteiger partial charge >= 0.3 is 0 Å². The van der Waals surface area contributed by atoms with E-state index in [1.807, 2.05) is 0 Å². The second-order valence-electron chi connectivity index (χ2n) is 7.00. The van der Waals surface area contributed by atoms with Gasteiger partial charge in [0, 0.05) is 49.7 Å². The van der Waals surface area contributed by atoms with Gasteiger partial charge < -0.3 is 10.2 Å². The number of carbonyl (C=O) groups excluding carboxylic acids is 1. The SMILES string of the molecule is CC(=O)NC1CC(c2cc(N3CCC(c4ncn[nH]4)CC3)ncn2)C1. The summed E-state index contributed by atoms with van der Waals surface area (Å²) in [7, 11) is 0. The number of piperidine rings is 1. The van der Waals surface area contributed by atoms with Crippen LogP contribution in [0.2, 0.25) is 0 Å². The Morgan fingerprint density at radius 3 is 2.64 bits per heavy atom. The van der Waals surface area contributed by atoms with Gasteiger partial charge in [-0.15, -0.1) is 0 Å². The number of H-pyrrole nitrogens is 1. The van der Waals surface area contributed by atoms with E-state index >= 15 is 0 Å². The molecule has 0 aromatic carbocycles. The summed E-state index contributed by atoms with van der Waals surface area (Å²) < 4.78 is 0. The van der Waals surface area contributed by atoms with Gasteiger partial charge in [0.25, 0.3) is 0 Å². The molecule has 8 heteroatoms. The molecule has 0 unspecified atom stereocenters. The van der Waals surface area contributed by atoms with Crippen molar-refractivity contribution >= 4 is 11.7 Å². The van der Waals surface area contributed by atoms with Crippen LogP contribution >= 0.6 is 0 Å². The van der Waals surface area contributed by atoms with Gasteiger partial charge in [-0.05, 0) is 25.7 Å². The predicted octanol–water partition coefficient (Wildman–Crippen LogP) is 1.36. The molecule has 2 aliphatic rings. The average Bonchev–Trinajstić information content (AvgIpc) is 3.12. The summed E-state index contributed by atoms with van der Waals surface area (Å²) >= 11 is 0. The van der Waals surface area contributed by atoms with Crippen LogP contribution in [0.4, 0.5) is 5.82 Å². The fraction of sp³-hybridized carbons (Fsp3) is 0.588. The van der Waals surface area contributed by atoms with Gasteiger partial charge in [0.1, 0.15) is 24.3 Å². The maximum atomic E-state index is 11.1. The quantitative estimate of drug-likeness (QED) is 0.871. The third-order valence-electron chi connectivity index (χ3n) is 5.28. The van der Waals surface area contributed by atoms with Crippen molar-refractivity contribution in [2.24, 2.45) is 0 Å². The van der Waals surface area contributed by atoms with Crippen LogP contribution in [0, 0.1) is 0 Å². The number of rotatable bonds is 4. The third kappa shape index (κ3) is 3.47. The zero-order valence-corrected chi connectivity index (χ0v) is 14.4. The summed E-state index contributed by atoms with van der Waals surface area (Å²) in [4.78, 5) is 26.6. The Kier molecular flexibility index (Phi) is 4.33. The van der Waals surface area contributed by atoms with Crippen LogP contribution in [-0.2, 0) is 4.79 Å². The largest absolute Gasteiger partial charge is 0.356 e. The summed E-state index contributed by atoms with van der Waals surface area (Å²) in [5.74, 6) is 2.90. The first-order chi connectivity index (χ1) is 12.2. The summed E-state index contributed by atoms with van der Waals surface area (Å²) in [5.41, 5.74) is 1.09. The minimum Gasteiger partial charge on any atom is -0.356 e. The zero-order valence-electron chi connectivity index (χ0n) is 14.4. The lowest BCUT2D eigenvalue weighted by molar-refractivity contribution is -0.120. The van der Waals surface area contributed by atoms with E-state index < -0.39 is 0 Å². The van der Waals surface area contributed by atoms with Crippen LogP contribution in [-0.4, -0.2) is 50.2 Å². The van der Waals surface area contributed by atoms with E-state index in [9.17, 15) is 4.79 Å². The van der Waals surface area contributed by atoms with E-state index in [-0.39, 0.29) is 5.91 Å². The molecule has 3 heterocycles. The number of hydrogen-bond acceptors (Lipinski definition) is 6. The molecule has 2 aromatic rings. The Labute approximate surface area is 146 Å². The highest BCUT2D eigenvalue weighted by Crippen LogP contribution is 2.37. The lowest BCUT2D eigenvalue weighted by Gasteiger charge is -2.36. The van der Waals surface area contributed by atoms with Crippen LogP contribution in [0.3, 0.4) is 0 Å². The minimum atomic E-state index is 0.0430. The normalized spacial score (nSPS) is 24.0. The molecule has 2 fully saturated rings. The maximum Gasteiger partial charge on any atom is 0.217 e. The molecule has 2 aromatic heterocycles. The van der Waals surface area contributed by atoms with Gasteiger partial charge in [-0.2, -0.15) is 5.10 Å². The van der Waals surface area contributed by atoms with E-state index in [1.165, 1.54) is 0 Å². The average molecular weight is 341 g/mol. The first-order valence-electron chi connectivity index (χ1n) is 8.88. The van der Waals surface area contributed by atoms with Gasteiger partial charge in [0.15, 0.2) is 0 Å². The predicted molar refractivity (Wildman–Crippen MR) is 92.2 cm³/mol. The fourth-order valence-electron chi connectivity index (χ4n) is 3.82. The molecule has 8 nitrogen and oxygen atoms in total. The number of nitrogens with zero attached hydrogens (tertiary/aromatic N) is 5. The van der Waals surface area contributed by atoms with Gasteiger partial charge in [-0.1, -0.05) is 0 Å². The van der Waals surface area contributed by atoms with E-state index in [1.54, 1.807) is 19.6 Å². The molecule has 0 bridgehead atoms. The number of anilines is 1. The second-order valence-corrected chi connectivity index (χ2v) is 7.00. The topological polar surface area (TPSA) is 99.7 Å². The number of hydrogen-bond donors (Lipinski definition) is 2. The van der Waals surface area contributed by atoms with Crippen LogP contribution in [0.1, 0.15) is 56.0 Å². The molecule has 1 amide bonds. The van der Waals surface area contributed by atoms with Gasteiger partial charge in [-0.25, -0.2) is 15.0 Å². The molecule has 1 saturated heterocycles. The van der Waals surface area contributed by atoms with Crippen molar-refractivity contribution < 1.29 is 4.79 Å². The highest BCUT2D eigenvalue weighted by Gasteiger charge is 2.32. The van der Waals surface area contributed by atoms with E-state index in [0.717, 1.165) is 56.1 Å².